The largest absolute Gasteiger partial charge is 0.496 e. The van der Waals surface area contributed by atoms with E-state index in [0.717, 1.165) is 23.2 Å². The number of rotatable bonds is 4. The summed E-state index contributed by atoms with van der Waals surface area (Å²) in [6.07, 6.45) is 4.84. The Morgan fingerprint density at radius 1 is 1.24 bits per heavy atom. The molecule has 86 valence electrons. The number of aldehydes is 1. The zero-order chi connectivity index (χ0) is 12.1. The van der Waals surface area contributed by atoms with Crippen molar-refractivity contribution in [1.29, 1.82) is 0 Å². The third-order valence-corrected chi connectivity index (χ3v) is 2.64. The Bertz CT molecular complexity index is 523. The van der Waals surface area contributed by atoms with Crippen LogP contribution in [0.1, 0.15) is 21.5 Å². The molecule has 0 spiro atoms. The molecule has 0 aliphatic heterocycles. The molecule has 3 nitrogen and oxygen atoms in total. The predicted octanol–water partition coefficient (Wildman–Crippen LogP) is 2.49. The lowest BCUT2D eigenvalue weighted by Crippen LogP contribution is -1.97. The van der Waals surface area contributed by atoms with Crippen LogP contribution < -0.4 is 4.74 Å². The Hall–Kier alpha value is -2.16. The van der Waals surface area contributed by atoms with Gasteiger partial charge < -0.3 is 4.74 Å². The van der Waals surface area contributed by atoms with Crippen LogP contribution in [0.5, 0.6) is 5.75 Å². The third-order valence-electron chi connectivity index (χ3n) is 2.64. The molecule has 0 atom stereocenters. The van der Waals surface area contributed by atoms with Gasteiger partial charge in [0.25, 0.3) is 0 Å². The van der Waals surface area contributed by atoms with Crippen molar-refractivity contribution < 1.29 is 9.53 Å². The van der Waals surface area contributed by atoms with E-state index in [1.807, 2.05) is 24.3 Å². The van der Waals surface area contributed by atoms with E-state index in [0.29, 0.717) is 12.0 Å². The average molecular weight is 227 g/mol. The number of nitrogens with zero attached hydrogens (tertiary/aromatic N) is 1. The molecule has 0 amide bonds. The van der Waals surface area contributed by atoms with E-state index in [2.05, 4.69) is 4.98 Å². The van der Waals surface area contributed by atoms with E-state index in [9.17, 15) is 4.79 Å². The topological polar surface area (TPSA) is 39.2 Å². The maximum Gasteiger partial charge on any atom is 0.150 e. The Labute approximate surface area is 100 Å². The zero-order valence-corrected chi connectivity index (χ0v) is 9.59. The number of pyridine rings is 1. The van der Waals surface area contributed by atoms with Gasteiger partial charge in [0.15, 0.2) is 0 Å². The van der Waals surface area contributed by atoms with Crippen molar-refractivity contribution in [3.63, 3.8) is 0 Å². The van der Waals surface area contributed by atoms with E-state index < -0.39 is 0 Å². The molecule has 0 N–H and O–H groups in total. The number of ether oxygens (including phenoxy) is 1. The Morgan fingerprint density at radius 3 is 2.82 bits per heavy atom. The highest BCUT2D eigenvalue weighted by Crippen LogP contribution is 2.21. The normalized spacial score (nSPS) is 9.94. The standard InChI is InChI=1S/C14H13NO2/c1-17-14-5-3-2-4-11(14)8-13-9-15-7-6-12(13)10-16/h2-7,9-10H,8H2,1H3. The van der Waals surface area contributed by atoms with Crippen LogP contribution in [0.3, 0.4) is 0 Å². The summed E-state index contributed by atoms with van der Waals surface area (Å²) < 4.78 is 5.28. The first kappa shape index (κ1) is 11.3. The van der Waals surface area contributed by atoms with Gasteiger partial charge in [0.2, 0.25) is 0 Å². The van der Waals surface area contributed by atoms with Crippen molar-refractivity contribution in [3.8, 4) is 5.75 Å². The second-order valence-electron chi connectivity index (χ2n) is 3.68. The molecule has 0 saturated carbocycles. The maximum atomic E-state index is 10.9. The first-order valence-electron chi connectivity index (χ1n) is 5.35. The lowest BCUT2D eigenvalue weighted by molar-refractivity contribution is 0.112. The summed E-state index contributed by atoms with van der Waals surface area (Å²) in [6, 6.07) is 9.49. The van der Waals surface area contributed by atoms with Crippen LogP contribution in [-0.2, 0) is 6.42 Å². The van der Waals surface area contributed by atoms with Crippen LogP contribution in [-0.4, -0.2) is 18.4 Å². The molecule has 0 bridgehead atoms. The molecular formula is C14H13NO2. The van der Waals surface area contributed by atoms with Gasteiger partial charge in [-0.15, -0.1) is 0 Å². The second-order valence-corrected chi connectivity index (χ2v) is 3.68. The van der Waals surface area contributed by atoms with Crippen molar-refractivity contribution in [2.24, 2.45) is 0 Å². The lowest BCUT2D eigenvalue weighted by atomic mass is 10.0. The first-order chi connectivity index (χ1) is 8.35. The fraction of sp³-hybridized carbons (Fsp3) is 0.143. The van der Waals surface area contributed by atoms with E-state index in [4.69, 9.17) is 4.74 Å². The maximum absolute atomic E-state index is 10.9. The van der Waals surface area contributed by atoms with Crippen molar-refractivity contribution in [2.45, 2.75) is 6.42 Å². The summed E-state index contributed by atoms with van der Waals surface area (Å²) in [5.41, 5.74) is 2.63. The Morgan fingerprint density at radius 2 is 2.06 bits per heavy atom. The summed E-state index contributed by atoms with van der Waals surface area (Å²) in [4.78, 5) is 15.0. The number of methoxy groups -OCH3 is 1. The zero-order valence-electron chi connectivity index (χ0n) is 9.59. The smallest absolute Gasteiger partial charge is 0.150 e. The number of aromatic nitrogens is 1. The van der Waals surface area contributed by atoms with E-state index in [1.165, 1.54) is 0 Å². The summed E-state index contributed by atoms with van der Waals surface area (Å²) >= 11 is 0. The SMILES string of the molecule is COc1ccccc1Cc1cnccc1C=O. The van der Waals surface area contributed by atoms with Gasteiger partial charge in [-0.3, -0.25) is 9.78 Å². The average Bonchev–Trinajstić information content (AvgIpc) is 2.40. The number of carbonyl (C=O) groups excluding carboxylic acids is 1. The van der Waals surface area contributed by atoms with Gasteiger partial charge in [0.05, 0.1) is 7.11 Å². The van der Waals surface area contributed by atoms with Gasteiger partial charge in [-0.1, -0.05) is 18.2 Å². The molecule has 1 aromatic carbocycles. The lowest BCUT2D eigenvalue weighted by Gasteiger charge is -2.08. The summed E-state index contributed by atoms with van der Waals surface area (Å²) in [6.45, 7) is 0. The van der Waals surface area contributed by atoms with E-state index >= 15 is 0 Å². The third kappa shape index (κ3) is 2.50. The van der Waals surface area contributed by atoms with Gasteiger partial charge >= 0.3 is 0 Å². The molecule has 1 aromatic heterocycles. The van der Waals surface area contributed by atoms with Gasteiger partial charge in [-0.05, 0) is 23.3 Å². The van der Waals surface area contributed by atoms with E-state index in [-0.39, 0.29) is 0 Å². The molecule has 2 aromatic rings. The first-order valence-corrected chi connectivity index (χ1v) is 5.35. The van der Waals surface area contributed by atoms with Crippen molar-refractivity contribution in [1.82, 2.24) is 4.98 Å². The number of hydrogen-bond donors (Lipinski definition) is 0. The fourth-order valence-corrected chi connectivity index (χ4v) is 1.75. The minimum Gasteiger partial charge on any atom is -0.496 e. The fourth-order valence-electron chi connectivity index (χ4n) is 1.75. The summed E-state index contributed by atoms with van der Waals surface area (Å²) in [5.74, 6) is 0.827. The molecular weight excluding hydrogens is 214 g/mol. The number of hydrogen-bond acceptors (Lipinski definition) is 3. The molecule has 3 heteroatoms. The minimum atomic E-state index is 0.645. The van der Waals surface area contributed by atoms with Crippen LogP contribution in [0.15, 0.2) is 42.7 Å². The van der Waals surface area contributed by atoms with Crippen molar-refractivity contribution in [3.05, 3.63) is 59.4 Å². The van der Waals surface area contributed by atoms with Crippen LogP contribution in [0.4, 0.5) is 0 Å². The van der Waals surface area contributed by atoms with Crippen molar-refractivity contribution >= 4 is 6.29 Å². The van der Waals surface area contributed by atoms with Gasteiger partial charge in [-0.2, -0.15) is 0 Å². The molecule has 0 fully saturated rings. The number of benzene rings is 1. The van der Waals surface area contributed by atoms with Crippen molar-refractivity contribution in [2.75, 3.05) is 7.11 Å². The van der Waals surface area contributed by atoms with Gasteiger partial charge in [-0.25, -0.2) is 0 Å². The second kappa shape index (κ2) is 5.25. The van der Waals surface area contributed by atoms with E-state index in [1.54, 1.807) is 25.6 Å². The molecule has 0 unspecified atom stereocenters. The molecule has 0 aliphatic rings. The minimum absolute atomic E-state index is 0.645. The molecule has 17 heavy (non-hydrogen) atoms. The van der Waals surface area contributed by atoms with Gasteiger partial charge in [0.1, 0.15) is 12.0 Å². The highest BCUT2D eigenvalue weighted by molar-refractivity contribution is 5.77. The summed E-state index contributed by atoms with van der Waals surface area (Å²) in [5, 5.41) is 0. The number of carbonyl (C=O) groups is 1. The van der Waals surface area contributed by atoms with Crippen LogP contribution in [0.25, 0.3) is 0 Å². The van der Waals surface area contributed by atoms with Crippen LogP contribution >= 0.6 is 0 Å². The molecule has 0 saturated heterocycles. The van der Waals surface area contributed by atoms with Gasteiger partial charge in [0, 0.05) is 24.4 Å². The highest BCUT2D eigenvalue weighted by atomic mass is 16.5. The molecule has 0 aliphatic carbocycles. The molecule has 1 heterocycles. The quantitative estimate of drug-likeness (QED) is 0.753. The monoisotopic (exact) mass is 227 g/mol. The molecule has 0 radical (unpaired) electrons. The molecule has 2 rings (SSSR count). The highest BCUT2D eigenvalue weighted by Gasteiger charge is 2.06. The predicted molar refractivity (Wildman–Crippen MR) is 65.4 cm³/mol. The van der Waals surface area contributed by atoms with Crippen LogP contribution in [0.2, 0.25) is 0 Å². The summed E-state index contributed by atoms with van der Waals surface area (Å²) in [7, 11) is 1.64. The van der Waals surface area contributed by atoms with Crippen LogP contribution in [0, 0.1) is 0 Å². The number of para-hydroxylation sites is 1. The Balaban J connectivity index is 2.34. The Kier molecular flexibility index (Phi) is 3.50.